The zero-order chi connectivity index (χ0) is 17.6. The predicted octanol–water partition coefficient (Wildman–Crippen LogP) is 3.70. The van der Waals surface area contributed by atoms with Crippen molar-refractivity contribution in [3.63, 3.8) is 0 Å². The quantitative estimate of drug-likeness (QED) is 0.819. The topological polar surface area (TPSA) is 62.5 Å². The zero-order valence-corrected chi connectivity index (χ0v) is 11.3. The summed E-state index contributed by atoms with van der Waals surface area (Å²) in [5, 5.41) is 10.8. The molecule has 2 N–H and O–H groups in total. The third-order valence-electron chi connectivity index (χ3n) is 3.09. The normalized spacial score (nSPS) is 15.5. The van der Waals surface area contributed by atoms with Gasteiger partial charge in [0.15, 0.2) is 5.76 Å². The fraction of sp³-hybridized carbons (Fsp3) is 0.308. The average Bonchev–Trinajstić information content (AvgIpc) is 2.76. The molecule has 1 unspecified atom stereocenters. The number of alkyl halides is 6. The lowest BCUT2D eigenvalue weighted by molar-refractivity contribution is -0.264. The Balaban J connectivity index is 2.66. The van der Waals surface area contributed by atoms with E-state index < -0.39 is 35.3 Å². The molecule has 126 valence electrons. The maximum absolute atomic E-state index is 13.0. The summed E-state index contributed by atoms with van der Waals surface area (Å²) in [5.41, 5.74) is -4.70. The second-order valence-electron chi connectivity index (χ2n) is 4.82. The molecule has 0 saturated carbocycles. The molecule has 0 saturated heterocycles. The van der Waals surface area contributed by atoms with Gasteiger partial charge >= 0.3 is 18.3 Å². The average molecular weight is 341 g/mol. The van der Waals surface area contributed by atoms with Crippen LogP contribution in [0.25, 0.3) is 11.0 Å². The first kappa shape index (κ1) is 17.1. The van der Waals surface area contributed by atoms with Crippen LogP contribution in [-0.4, -0.2) is 23.4 Å². The lowest BCUT2D eigenvalue weighted by atomic mass is 10.0. The molecule has 0 fully saturated rings. The highest BCUT2D eigenvalue weighted by molar-refractivity contribution is 6.04. The molecular weight excluding hydrogens is 332 g/mol. The van der Waals surface area contributed by atoms with Crippen molar-refractivity contribution >= 4 is 22.6 Å². The molecule has 1 amide bonds. The monoisotopic (exact) mass is 341 g/mol. The van der Waals surface area contributed by atoms with Crippen LogP contribution >= 0.6 is 0 Å². The summed E-state index contributed by atoms with van der Waals surface area (Å²) in [6, 6.07) is 5.04. The van der Waals surface area contributed by atoms with Crippen LogP contribution in [-0.2, 0) is 10.4 Å². The standard InChI is InChI=1S/C13H9F6NO3/c1-11(22,13(17,18)19)9-8(20-10(21)12(14,15)16)6-4-2-3-5-7(6)23-9/h2-5,22H,1H3,(H,20,21). The number of hydrogen-bond donors (Lipinski definition) is 2. The molecule has 0 aliphatic rings. The predicted molar refractivity (Wildman–Crippen MR) is 66.5 cm³/mol. The van der Waals surface area contributed by atoms with E-state index in [0.29, 0.717) is 6.92 Å². The van der Waals surface area contributed by atoms with Crippen LogP contribution in [0.1, 0.15) is 12.7 Å². The van der Waals surface area contributed by atoms with Gasteiger partial charge in [0, 0.05) is 5.39 Å². The highest BCUT2D eigenvalue weighted by Crippen LogP contribution is 2.45. The van der Waals surface area contributed by atoms with Gasteiger partial charge in [-0.15, -0.1) is 0 Å². The summed E-state index contributed by atoms with van der Waals surface area (Å²) in [5.74, 6) is -3.72. The minimum Gasteiger partial charge on any atom is -0.455 e. The smallest absolute Gasteiger partial charge is 0.455 e. The number of carbonyl (C=O) groups excluding carboxylic acids is 1. The first-order chi connectivity index (χ1) is 10.4. The van der Waals surface area contributed by atoms with Crippen molar-refractivity contribution in [2.75, 3.05) is 5.32 Å². The molecule has 0 aliphatic heterocycles. The maximum Gasteiger partial charge on any atom is 0.471 e. The number of carbonyl (C=O) groups is 1. The Morgan fingerprint density at radius 3 is 2.22 bits per heavy atom. The molecule has 23 heavy (non-hydrogen) atoms. The van der Waals surface area contributed by atoms with Crippen LogP contribution < -0.4 is 5.32 Å². The van der Waals surface area contributed by atoms with Gasteiger partial charge < -0.3 is 14.8 Å². The van der Waals surface area contributed by atoms with Crippen molar-refractivity contribution in [3.05, 3.63) is 30.0 Å². The van der Waals surface area contributed by atoms with Gasteiger partial charge in [0.25, 0.3) is 0 Å². The number of rotatable bonds is 2. The molecular formula is C13H9F6NO3. The first-order valence-electron chi connectivity index (χ1n) is 6.05. The largest absolute Gasteiger partial charge is 0.471 e. The number of para-hydroxylation sites is 1. The molecule has 0 bridgehead atoms. The van der Waals surface area contributed by atoms with E-state index >= 15 is 0 Å². The maximum atomic E-state index is 13.0. The van der Waals surface area contributed by atoms with Crippen molar-refractivity contribution in [1.82, 2.24) is 0 Å². The number of fused-ring (bicyclic) bond motifs is 1. The van der Waals surface area contributed by atoms with Gasteiger partial charge in [-0.05, 0) is 19.1 Å². The number of hydrogen-bond acceptors (Lipinski definition) is 3. The third kappa shape index (κ3) is 2.98. The fourth-order valence-corrected chi connectivity index (χ4v) is 1.83. The minimum atomic E-state index is -5.32. The fourth-order valence-electron chi connectivity index (χ4n) is 1.83. The second-order valence-corrected chi connectivity index (χ2v) is 4.82. The molecule has 4 nitrogen and oxygen atoms in total. The van der Waals surface area contributed by atoms with Crippen LogP contribution in [0.15, 0.2) is 28.7 Å². The molecule has 1 aromatic heterocycles. The summed E-state index contributed by atoms with van der Waals surface area (Å²) >= 11 is 0. The molecule has 1 atom stereocenters. The van der Waals surface area contributed by atoms with E-state index in [1.165, 1.54) is 23.5 Å². The van der Waals surface area contributed by atoms with Gasteiger partial charge in [-0.25, -0.2) is 0 Å². The Hall–Kier alpha value is -2.23. The first-order valence-corrected chi connectivity index (χ1v) is 6.05. The Kier molecular flexibility index (Phi) is 3.84. The van der Waals surface area contributed by atoms with Crippen LogP contribution in [0.3, 0.4) is 0 Å². The molecule has 10 heteroatoms. The molecule has 2 aromatic rings. The van der Waals surface area contributed by atoms with Crippen molar-refractivity contribution in [1.29, 1.82) is 0 Å². The highest BCUT2D eigenvalue weighted by atomic mass is 19.4. The van der Waals surface area contributed by atoms with E-state index in [-0.39, 0.29) is 11.0 Å². The van der Waals surface area contributed by atoms with Crippen LogP contribution in [0.4, 0.5) is 32.0 Å². The molecule has 1 heterocycles. The summed E-state index contributed by atoms with van der Waals surface area (Å²) in [4.78, 5) is 11.1. The number of amides is 1. The van der Waals surface area contributed by atoms with E-state index in [1.54, 1.807) is 0 Å². The van der Waals surface area contributed by atoms with Gasteiger partial charge in [0.1, 0.15) is 5.58 Å². The van der Waals surface area contributed by atoms with Gasteiger partial charge in [-0.1, -0.05) is 12.1 Å². The van der Waals surface area contributed by atoms with Gasteiger partial charge in [0.05, 0.1) is 5.69 Å². The lowest BCUT2D eigenvalue weighted by Gasteiger charge is -2.25. The summed E-state index contributed by atoms with van der Waals surface area (Å²) in [7, 11) is 0. The van der Waals surface area contributed by atoms with E-state index in [2.05, 4.69) is 0 Å². The van der Waals surface area contributed by atoms with Crippen LogP contribution in [0, 0.1) is 0 Å². The third-order valence-corrected chi connectivity index (χ3v) is 3.09. The summed E-state index contributed by atoms with van der Waals surface area (Å²) < 4.78 is 80.8. The van der Waals surface area contributed by atoms with Crippen molar-refractivity contribution < 1.29 is 40.7 Å². The van der Waals surface area contributed by atoms with E-state index in [9.17, 15) is 36.2 Å². The van der Waals surface area contributed by atoms with Gasteiger partial charge in [-0.2, -0.15) is 26.3 Å². The van der Waals surface area contributed by atoms with E-state index in [1.807, 2.05) is 0 Å². The Morgan fingerprint density at radius 1 is 1.13 bits per heavy atom. The Labute approximate surface area is 124 Å². The number of nitrogens with one attached hydrogen (secondary N) is 1. The lowest BCUT2D eigenvalue weighted by Crippen LogP contribution is -2.40. The van der Waals surface area contributed by atoms with Crippen molar-refractivity contribution in [3.8, 4) is 0 Å². The van der Waals surface area contributed by atoms with E-state index in [4.69, 9.17) is 4.42 Å². The number of aliphatic hydroxyl groups is 1. The Bertz CT molecular complexity index is 744. The zero-order valence-electron chi connectivity index (χ0n) is 11.3. The number of furan rings is 1. The molecule has 1 aromatic carbocycles. The molecule has 0 spiro atoms. The SMILES string of the molecule is CC(O)(c1oc2ccccc2c1NC(=O)C(F)(F)F)C(F)(F)F. The van der Waals surface area contributed by atoms with Gasteiger partial charge in [-0.3, -0.25) is 4.79 Å². The van der Waals surface area contributed by atoms with Crippen molar-refractivity contribution in [2.24, 2.45) is 0 Å². The summed E-state index contributed by atoms with van der Waals surface area (Å²) in [6.45, 7) is 0.313. The van der Waals surface area contributed by atoms with Crippen molar-refractivity contribution in [2.45, 2.75) is 24.9 Å². The molecule has 0 aliphatic carbocycles. The molecule has 0 radical (unpaired) electrons. The minimum absolute atomic E-state index is 0.204. The Morgan fingerprint density at radius 2 is 1.70 bits per heavy atom. The molecule has 2 rings (SSSR count). The number of anilines is 1. The second kappa shape index (κ2) is 5.15. The number of benzene rings is 1. The van der Waals surface area contributed by atoms with Gasteiger partial charge in [0.2, 0.25) is 5.60 Å². The van der Waals surface area contributed by atoms with Crippen LogP contribution in [0.5, 0.6) is 0 Å². The van der Waals surface area contributed by atoms with E-state index in [0.717, 1.165) is 6.07 Å². The number of halogens is 6. The van der Waals surface area contributed by atoms with Crippen LogP contribution in [0.2, 0.25) is 0 Å². The highest BCUT2D eigenvalue weighted by Gasteiger charge is 2.55. The summed E-state index contributed by atoms with van der Waals surface area (Å²) in [6.07, 6.45) is -10.6.